The zero-order valence-corrected chi connectivity index (χ0v) is 12.7. The van der Waals surface area contributed by atoms with E-state index in [0.717, 1.165) is 11.8 Å². The highest BCUT2D eigenvalue weighted by atomic mass is 32.2. The predicted octanol–water partition coefficient (Wildman–Crippen LogP) is 3.84. The number of carbonyl (C=O) groups excluding carboxylic acids is 2. The Morgan fingerprint density at radius 3 is 2.05 bits per heavy atom. The molecule has 19 heavy (non-hydrogen) atoms. The first kappa shape index (κ1) is 15.8. The van der Waals surface area contributed by atoms with Crippen molar-refractivity contribution in [1.29, 1.82) is 0 Å². The number of ketones is 1. The van der Waals surface area contributed by atoms with Crippen molar-refractivity contribution < 1.29 is 9.59 Å². The number of hydrogen-bond acceptors (Lipinski definition) is 3. The summed E-state index contributed by atoms with van der Waals surface area (Å²) in [7, 11) is 0. The van der Waals surface area contributed by atoms with Crippen LogP contribution in [0.15, 0.2) is 30.3 Å². The average molecular weight is 279 g/mol. The molecule has 0 fully saturated rings. The molecule has 0 aromatic heterocycles. The third kappa shape index (κ3) is 4.71. The van der Waals surface area contributed by atoms with Crippen molar-refractivity contribution in [2.75, 3.05) is 5.75 Å². The van der Waals surface area contributed by atoms with Crippen molar-refractivity contribution >= 4 is 22.8 Å². The van der Waals surface area contributed by atoms with E-state index in [9.17, 15) is 9.59 Å². The average Bonchev–Trinajstić information content (AvgIpc) is 2.36. The van der Waals surface area contributed by atoms with Gasteiger partial charge in [-0.2, -0.15) is 0 Å². The van der Waals surface area contributed by atoms with Gasteiger partial charge in [0.25, 0.3) is 5.24 Å². The molecule has 1 rings (SSSR count). The van der Waals surface area contributed by atoms with Gasteiger partial charge in [-0.25, -0.2) is 0 Å². The molecule has 0 radical (unpaired) electrons. The minimum atomic E-state index is -0.0331. The lowest BCUT2D eigenvalue weighted by Crippen LogP contribution is -2.40. The Morgan fingerprint density at radius 1 is 1.05 bits per heavy atom. The maximum Gasteiger partial charge on any atom is 0.282 e. The van der Waals surface area contributed by atoms with E-state index >= 15 is 0 Å². The predicted molar refractivity (Wildman–Crippen MR) is 80.7 cm³/mol. The molecule has 0 aliphatic heterocycles. The summed E-state index contributed by atoms with van der Waals surface area (Å²) in [4.78, 5) is 25.8. The molecule has 1 aromatic rings. The van der Waals surface area contributed by atoms with Gasteiger partial charge in [-0.3, -0.25) is 9.59 Å². The fourth-order valence-corrected chi connectivity index (χ4v) is 2.92. The molecule has 0 saturated heterocycles. The second kappa shape index (κ2) is 7.34. The van der Waals surface area contributed by atoms with Crippen LogP contribution in [0.25, 0.3) is 0 Å². The second-order valence-corrected chi connectivity index (χ2v) is 5.87. The van der Waals surface area contributed by atoms with Gasteiger partial charge in [0.2, 0.25) is 0 Å². The second-order valence-electron chi connectivity index (χ2n) is 4.94. The van der Waals surface area contributed by atoms with E-state index < -0.39 is 0 Å². The third-order valence-corrected chi connectivity index (χ3v) is 3.61. The van der Waals surface area contributed by atoms with Crippen LogP contribution >= 0.6 is 11.8 Å². The fourth-order valence-electron chi connectivity index (χ4n) is 1.93. The molecule has 0 N–H and O–H groups in total. The number of thioether (sulfide) groups is 1. The molecule has 0 heterocycles. The van der Waals surface area contributed by atoms with Crippen molar-refractivity contribution in [3.63, 3.8) is 0 Å². The molecule has 0 aliphatic rings. The van der Waals surface area contributed by atoms with E-state index in [2.05, 4.69) is 0 Å². The van der Waals surface area contributed by atoms with Crippen molar-refractivity contribution in [3.8, 4) is 0 Å². The van der Waals surface area contributed by atoms with Gasteiger partial charge < -0.3 is 4.90 Å². The molecule has 0 unspecified atom stereocenters. The highest BCUT2D eigenvalue weighted by Crippen LogP contribution is 2.17. The van der Waals surface area contributed by atoms with Gasteiger partial charge in [0.05, 0.1) is 5.75 Å². The molecule has 0 atom stereocenters. The Bertz CT molecular complexity index is 421. The van der Waals surface area contributed by atoms with Crippen LogP contribution in [-0.2, 0) is 0 Å². The minimum absolute atomic E-state index is 0.00795. The molecule has 1 amide bonds. The third-order valence-electron chi connectivity index (χ3n) is 2.75. The Balaban J connectivity index is 2.57. The van der Waals surface area contributed by atoms with Gasteiger partial charge >= 0.3 is 0 Å². The molecule has 0 aliphatic carbocycles. The molecule has 0 saturated carbocycles. The number of rotatable bonds is 5. The largest absolute Gasteiger partial charge is 0.329 e. The number of Topliss-reactive ketones (excluding diaryl/α,β-unsaturated/α-hetero) is 1. The van der Waals surface area contributed by atoms with Crippen LogP contribution in [-0.4, -0.2) is 33.8 Å². The molecule has 0 spiro atoms. The van der Waals surface area contributed by atoms with Gasteiger partial charge in [0, 0.05) is 17.6 Å². The molecule has 104 valence electrons. The summed E-state index contributed by atoms with van der Waals surface area (Å²) in [6.07, 6.45) is 0. The van der Waals surface area contributed by atoms with Crippen molar-refractivity contribution in [1.82, 2.24) is 4.90 Å². The summed E-state index contributed by atoms with van der Waals surface area (Å²) < 4.78 is 0. The first-order valence-electron chi connectivity index (χ1n) is 6.46. The van der Waals surface area contributed by atoms with Gasteiger partial charge in [0.15, 0.2) is 5.78 Å². The summed E-state index contributed by atoms with van der Waals surface area (Å²) >= 11 is 1.08. The molecular formula is C15H21NO2S. The zero-order valence-electron chi connectivity index (χ0n) is 11.9. The Hall–Kier alpha value is -1.29. The van der Waals surface area contributed by atoms with Crippen LogP contribution in [0.5, 0.6) is 0 Å². The van der Waals surface area contributed by atoms with Crippen molar-refractivity contribution in [3.05, 3.63) is 35.9 Å². The van der Waals surface area contributed by atoms with Gasteiger partial charge in [-0.05, 0) is 27.7 Å². The lowest BCUT2D eigenvalue weighted by atomic mass is 10.2. The molecule has 0 bridgehead atoms. The molecule has 1 aromatic carbocycles. The van der Waals surface area contributed by atoms with Crippen molar-refractivity contribution in [2.24, 2.45) is 0 Å². The fraction of sp³-hybridized carbons (Fsp3) is 0.467. The highest BCUT2D eigenvalue weighted by Gasteiger charge is 2.21. The van der Waals surface area contributed by atoms with E-state index in [-0.39, 0.29) is 28.9 Å². The molecule has 3 nitrogen and oxygen atoms in total. The van der Waals surface area contributed by atoms with Crippen LogP contribution < -0.4 is 0 Å². The summed E-state index contributed by atoms with van der Waals surface area (Å²) in [5.74, 6) is 0.185. The van der Waals surface area contributed by atoms with E-state index in [1.54, 1.807) is 17.0 Å². The van der Waals surface area contributed by atoms with Crippen LogP contribution in [0, 0.1) is 0 Å². The number of benzene rings is 1. The van der Waals surface area contributed by atoms with E-state index in [1.165, 1.54) is 0 Å². The highest BCUT2D eigenvalue weighted by molar-refractivity contribution is 8.14. The van der Waals surface area contributed by atoms with E-state index in [0.29, 0.717) is 5.56 Å². The molecular weight excluding hydrogens is 258 g/mol. The van der Waals surface area contributed by atoms with Gasteiger partial charge in [-0.15, -0.1) is 0 Å². The maximum absolute atomic E-state index is 12.1. The maximum atomic E-state index is 12.1. The topological polar surface area (TPSA) is 37.4 Å². The van der Waals surface area contributed by atoms with E-state index in [1.807, 2.05) is 45.9 Å². The van der Waals surface area contributed by atoms with Crippen LogP contribution in [0.1, 0.15) is 38.1 Å². The Kier molecular flexibility index (Phi) is 6.09. The van der Waals surface area contributed by atoms with Gasteiger partial charge in [0.1, 0.15) is 0 Å². The normalized spacial score (nSPS) is 10.8. The quantitative estimate of drug-likeness (QED) is 0.768. The summed E-state index contributed by atoms with van der Waals surface area (Å²) in [5.41, 5.74) is 0.656. The number of nitrogens with zero attached hydrogens (tertiary/aromatic N) is 1. The SMILES string of the molecule is CC(C)N(C(=O)SCC(=O)c1ccccc1)C(C)C. The standard InChI is InChI=1S/C15H21NO2S/c1-11(2)16(12(3)4)15(18)19-10-14(17)13-8-6-5-7-9-13/h5-9,11-12H,10H2,1-4H3. The number of carbonyl (C=O) groups is 2. The first-order valence-corrected chi connectivity index (χ1v) is 7.45. The van der Waals surface area contributed by atoms with E-state index in [4.69, 9.17) is 0 Å². The molecule has 4 heteroatoms. The van der Waals surface area contributed by atoms with Crippen LogP contribution in [0.3, 0.4) is 0 Å². The van der Waals surface area contributed by atoms with Crippen LogP contribution in [0.4, 0.5) is 4.79 Å². The Labute approximate surface area is 119 Å². The lowest BCUT2D eigenvalue weighted by molar-refractivity contribution is 0.102. The minimum Gasteiger partial charge on any atom is -0.329 e. The Morgan fingerprint density at radius 2 is 1.58 bits per heavy atom. The first-order chi connectivity index (χ1) is 8.93. The lowest BCUT2D eigenvalue weighted by Gasteiger charge is -2.30. The summed E-state index contributed by atoms with van der Waals surface area (Å²) in [6.45, 7) is 7.93. The summed E-state index contributed by atoms with van der Waals surface area (Å²) in [5, 5.41) is -0.0331. The van der Waals surface area contributed by atoms with Crippen molar-refractivity contribution in [2.45, 2.75) is 39.8 Å². The van der Waals surface area contributed by atoms with Crippen LogP contribution in [0.2, 0.25) is 0 Å². The number of hydrogen-bond donors (Lipinski definition) is 0. The van der Waals surface area contributed by atoms with Gasteiger partial charge in [-0.1, -0.05) is 42.1 Å². The smallest absolute Gasteiger partial charge is 0.282 e. The number of amides is 1. The summed E-state index contributed by atoms with van der Waals surface area (Å²) in [6, 6.07) is 9.36. The monoisotopic (exact) mass is 279 g/mol. The zero-order chi connectivity index (χ0) is 14.4.